The number of para-hydroxylation sites is 1. The van der Waals surface area contributed by atoms with Gasteiger partial charge in [0, 0.05) is 16.5 Å². The van der Waals surface area contributed by atoms with Crippen LogP contribution in [0.15, 0.2) is 76.6 Å². The van der Waals surface area contributed by atoms with E-state index < -0.39 is 28.9 Å². The summed E-state index contributed by atoms with van der Waals surface area (Å²) >= 11 is 15.2. The molecule has 3 aromatic carbocycles. The van der Waals surface area contributed by atoms with Crippen molar-refractivity contribution in [1.82, 2.24) is 4.57 Å². The number of hydrogen-bond donors (Lipinski definition) is 1. The third-order valence-corrected chi connectivity index (χ3v) is 10.9. The molecule has 1 N–H and O–H groups in total. The average molecular weight is 641 g/mol. The van der Waals surface area contributed by atoms with Gasteiger partial charge in [0.2, 0.25) is 17.7 Å². The number of thioether (sulfide) groups is 1. The lowest BCUT2D eigenvalue weighted by Crippen LogP contribution is -2.33. The molecule has 42 heavy (non-hydrogen) atoms. The molecule has 2 unspecified atom stereocenters. The van der Waals surface area contributed by atoms with Crippen LogP contribution in [0.2, 0.25) is 10.0 Å². The summed E-state index contributed by atoms with van der Waals surface area (Å²) in [6.45, 7) is 1.62. The Kier molecular flexibility index (Phi) is 7.65. The number of aromatic nitrogens is 1. The topological polar surface area (TPSA) is 97.7 Å². The number of nitrogens with one attached hydrogen (secondary N) is 1. The van der Waals surface area contributed by atoms with Gasteiger partial charge in [0.25, 0.3) is 0 Å². The normalized spacial score (nSPS) is 19.4. The van der Waals surface area contributed by atoms with Gasteiger partial charge in [-0.25, -0.2) is 4.90 Å². The summed E-state index contributed by atoms with van der Waals surface area (Å²) in [5, 5.41) is 3.00. The Hall–Kier alpha value is -3.57. The summed E-state index contributed by atoms with van der Waals surface area (Å²) in [5.74, 6) is -2.19. The minimum absolute atomic E-state index is 0.244. The highest BCUT2D eigenvalue weighted by molar-refractivity contribution is 8.00. The molecule has 214 valence electrons. The molecule has 6 rings (SSSR count). The molecule has 0 saturated carbocycles. The lowest BCUT2D eigenvalue weighted by atomic mass is 9.83. The lowest BCUT2D eigenvalue weighted by Gasteiger charge is -2.31. The molecule has 2 aliphatic heterocycles. The molecule has 1 aromatic heterocycles. The first-order valence-corrected chi connectivity index (χ1v) is 15.4. The second kappa shape index (κ2) is 11.3. The summed E-state index contributed by atoms with van der Waals surface area (Å²) in [6, 6.07) is 19.1. The smallest absolute Gasteiger partial charge is 0.308 e. The Morgan fingerprint density at radius 3 is 2.43 bits per heavy atom. The largest absolute Gasteiger partial charge is 0.497 e. The number of hydrogen-bond acceptors (Lipinski definition) is 7. The fourth-order valence-electron chi connectivity index (χ4n) is 5.38. The number of nitrogens with zero attached hydrogens (tertiary/aromatic N) is 2. The maximum Gasteiger partial charge on any atom is 0.308 e. The van der Waals surface area contributed by atoms with E-state index in [0.29, 0.717) is 37.6 Å². The molecule has 0 spiro atoms. The van der Waals surface area contributed by atoms with Crippen molar-refractivity contribution in [1.29, 1.82) is 0 Å². The highest BCUT2D eigenvalue weighted by Crippen LogP contribution is 2.55. The number of anilines is 2. The number of amides is 3. The van der Waals surface area contributed by atoms with Crippen LogP contribution in [-0.2, 0) is 20.9 Å². The van der Waals surface area contributed by atoms with Crippen LogP contribution < -0.4 is 19.8 Å². The van der Waals surface area contributed by atoms with Crippen LogP contribution in [0.25, 0.3) is 0 Å². The van der Waals surface area contributed by atoms with Crippen molar-refractivity contribution in [2.45, 2.75) is 29.7 Å². The van der Waals surface area contributed by atoms with Gasteiger partial charge in [-0.1, -0.05) is 76.6 Å². The van der Waals surface area contributed by atoms with Gasteiger partial charge >= 0.3 is 4.87 Å². The van der Waals surface area contributed by atoms with Crippen LogP contribution >= 0.6 is 46.3 Å². The van der Waals surface area contributed by atoms with E-state index in [1.54, 1.807) is 48.5 Å². The van der Waals surface area contributed by atoms with Gasteiger partial charge in [0.05, 0.1) is 33.8 Å². The van der Waals surface area contributed by atoms with Gasteiger partial charge < -0.3 is 10.1 Å². The van der Waals surface area contributed by atoms with Crippen LogP contribution in [-0.4, -0.2) is 34.6 Å². The molecule has 3 amide bonds. The molecule has 0 aliphatic carbocycles. The molecule has 12 heteroatoms. The number of aryl methyl sites for hydroxylation is 1. The molecule has 1 saturated heterocycles. The van der Waals surface area contributed by atoms with Crippen LogP contribution in [0.4, 0.5) is 11.4 Å². The van der Waals surface area contributed by atoms with Crippen molar-refractivity contribution < 1.29 is 19.1 Å². The molecule has 3 atom stereocenters. The van der Waals surface area contributed by atoms with Gasteiger partial charge in [-0.2, -0.15) is 0 Å². The molecule has 4 aromatic rings. The number of ether oxygens (including phenoxy) is 1. The summed E-state index contributed by atoms with van der Waals surface area (Å²) in [7, 11) is 1.53. The van der Waals surface area contributed by atoms with E-state index in [2.05, 4.69) is 5.32 Å². The number of fused-ring (bicyclic) bond motifs is 2. The quantitative estimate of drug-likeness (QED) is 0.261. The molecule has 1 fully saturated rings. The first-order chi connectivity index (χ1) is 20.2. The molecule has 0 bridgehead atoms. The van der Waals surface area contributed by atoms with Gasteiger partial charge in [0.1, 0.15) is 17.5 Å². The van der Waals surface area contributed by atoms with Crippen molar-refractivity contribution >= 4 is 75.4 Å². The zero-order chi connectivity index (χ0) is 29.7. The van der Waals surface area contributed by atoms with Crippen molar-refractivity contribution in [3.8, 4) is 5.75 Å². The van der Waals surface area contributed by atoms with Gasteiger partial charge in [-0.3, -0.25) is 23.7 Å². The number of rotatable bonds is 6. The van der Waals surface area contributed by atoms with Crippen LogP contribution in [0.1, 0.15) is 21.9 Å². The third kappa shape index (κ3) is 4.82. The monoisotopic (exact) mass is 639 g/mol. The van der Waals surface area contributed by atoms with Gasteiger partial charge in [-0.05, 0) is 54.4 Å². The van der Waals surface area contributed by atoms with E-state index >= 15 is 0 Å². The second-order valence-electron chi connectivity index (χ2n) is 9.88. The van der Waals surface area contributed by atoms with E-state index in [4.69, 9.17) is 27.9 Å². The molecule has 3 heterocycles. The summed E-state index contributed by atoms with van der Waals surface area (Å²) in [4.78, 5) is 55.8. The predicted octanol–water partition coefficient (Wildman–Crippen LogP) is 5.97. The second-order valence-corrected chi connectivity index (χ2v) is 12.8. The zero-order valence-electron chi connectivity index (χ0n) is 22.3. The molecular formula is C30H23Cl2N3O5S2. The Bertz CT molecular complexity index is 1800. The molecule has 8 nitrogen and oxygen atoms in total. The molecular weight excluding hydrogens is 617 g/mol. The van der Waals surface area contributed by atoms with Crippen molar-refractivity contribution in [2.24, 2.45) is 5.92 Å². The fraction of sp³-hybridized carbons (Fsp3) is 0.200. The van der Waals surface area contributed by atoms with Crippen molar-refractivity contribution in [2.75, 3.05) is 17.3 Å². The maximum atomic E-state index is 14.0. The summed E-state index contributed by atoms with van der Waals surface area (Å²) < 4.78 is 6.60. The Balaban J connectivity index is 1.43. The number of imide groups is 1. The van der Waals surface area contributed by atoms with E-state index in [9.17, 15) is 19.2 Å². The molecule has 0 radical (unpaired) electrons. The minimum atomic E-state index is -0.855. The highest BCUT2D eigenvalue weighted by Gasteiger charge is 2.57. The lowest BCUT2D eigenvalue weighted by molar-refractivity contribution is -0.122. The first-order valence-electron chi connectivity index (χ1n) is 12.9. The summed E-state index contributed by atoms with van der Waals surface area (Å²) in [6.07, 6.45) is 0. The SMILES string of the molecule is COc1ccc(N2C(=O)C3Sc4c(sc(=O)n4CC(=O)Nc4ccccc4C)[C@H](c4cccc(Cl)c4Cl)C3C2=O)cc1. The van der Waals surface area contributed by atoms with Crippen molar-refractivity contribution in [3.63, 3.8) is 0 Å². The Labute approximate surface area is 259 Å². The van der Waals surface area contributed by atoms with E-state index in [0.717, 1.165) is 28.7 Å². The Morgan fingerprint density at radius 1 is 0.976 bits per heavy atom. The third-order valence-electron chi connectivity index (χ3n) is 7.42. The molecule has 2 aliphatic rings. The fourth-order valence-corrected chi connectivity index (χ4v) is 8.57. The summed E-state index contributed by atoms with van der Waals surface area (Å²) in [5.41, 5.74) is 2.47. The van der Waals surface area contributed by atoms with Gasteiger partial charge in [-0.15, -0.1) is 0 Å². The van der Waals surface area contributed by atoms with Crippen molar-refractivity contribution in [3.05, 3.63) is 102 Å². The first kappa shape index (κ1) is 28.5. The van der Waals surface area contributed by atoms with Crippen LogP contribution in [0.5, 0.6) is 5.75 Å². The van der Waals surface area contributed by atoms with E-state index in [1.165, 1.54) is 16.6 Å². The number of carbonyl (C=O) groups is 3. The number of halogens is 2. The number of methoxy groups -OCH3 is 1. The van der Waals surface area contributed by atoms with Crippen LogP contribution in [0.3, 0.4) is 0 Å². The highest BCUT2D eigenvalue weighted by atomic mass is 35.5. The van der Waals surface area contributed by atoms with E-state index in [1.807, 2.05) is 25.1 Å². The number of thiazole rings is 1. The average Bonchev–Trinajstić information content (AvgIpc) is 3.42. The van der Waals surface area contributed by atoms with Crippen LogP contribution in [0, 0.1) is 12.8 Å². The number of carbonyl (C=O) groups excluding carboxylic acids is 3. The van der Waals surface area contributed by atoms with Gasteiger partial charge in [0.15, 0.2) is 0 Å². The zero-order valence-corrected chi connectivity index (χ0v) is 25.4. The predicted molar refractivity (Wildman–Crippen MR) is 165 cm³/mol. The number of benzene rings is 3. The maximum absolute atomic E-state index is 14.0. The van der Waals surface area contributed by atoms with E-state index in [-0.39, 0.29) is 22.3 Å². The Morgan fingerprint density at radius 2 is 1.71 bits per heavy atom. The standard InChI is InChI=1S/C30H23Cl2N3O5S2/c1-15-6-3-4-9-20(15)33-21(36)14-34-29-26(42-30(34)39)22(18-7-5-8-19(31)24(18)32)23-25(41-29)28(38)35(27(23)37)16-10-12-17(40-2)13-11-16/h3-13,22-23,25H,14H2,1-2H3,(H,33,36)/t22-,23?,25?/m1/s1. The minimum Gasteiger partial charge on any atom is -0.497 e.